The number of methoxy groups -OCH3 is 1. The van der Waals surface area contributed by atoms with E-state index in [1.54, 1.807) is 0 Å². The molecule has 88 valence electrons. The highest BCUT2D eigenvalue weighted by Gasteiger charge is 2.13. The van der Waals surface area contributed by atoms with Gasteiger partial charge in [0.25, 0.3) is 0 Å². The summed E-state index contributed by atoms with van der Waals surface area (Å²) >= 11 is 3.36. The lowest BCUT2D eigenvalue weighted by atomic mass is 10.3. The molecule has 0 atom stereocenters. The highest BCUT2D eigenvalue weighted by atomic mass is 79.9. The van der Waals surface area contributed by atoms with Crippen LogP contribution in [0.15, 0.2) is 34.8 Å². The van der Waals surface area contributed by atoms with Crippen LogP contribution in [0.5, 0.6) is 0 Å². The molecule has 0 fully saturated rings. The number of carbonyl (C=O) groups excluding carboxylic acids is 1. The molecule has 17 heavy (non-hydrogen) atoms. The highest BCUT2D eigenvalue weighted by molar-refractivity contribution is 9.10. The minimum absolute atomic E-state index is 0.185. The van der Waals surface area contributed by atoms with E-state index in [1.165, 1.54) is 17.9 Å². The first-order valence-corrected chi connectivity index (χ1v) is 5.61. The van der Waals surface area contributed by atoms with E-state index in [-0.39, 0.29) is 5.69 Å². The molecule has 5 nitrogen and oxygen atoms in total. The minimum atomic E-state index is -0.509. The monoisotopic (exact) mass is 295 g/mol. The number of aromatic nitrogens is 2. The Labute approximate surface area is 106 Å². The lowest BCUT2D eigenvalue weighted by Crippen LogP contribution is -2.05. The minimum Gasteiger partial charge on any atom is -0.464 e. The van der Waals surface area contributed by atoms with Gasteiger partial charge in [0.1, 0.15) is 5.82 Å². The van der Waals surface area contributed by atoms with Gasteiger partial charge in [0.2, 0.25) is 0 Å². The molecular formula is C11H10BrN3O2. The van der Waals surface area contributed by atoms with Crippen LogP contribution in [0.2, 0.25) is 0 Å². The summed E-state index contributed by atoms with van der Waals surface area (Å²) in [5.74, 6) is -0.131. The standard InChI is InChI=1S/C11H10BrN3O2/c1-17-11(16)9-6-10(13)15(14-9)8-4-2-3-7(12)5-8/h2-6H,13H2,1H3. The van der Waals surface area contributed by atoms with Crippen molar-refractivity contribution in [3.05, 3.63) is 40.5 Å². The molecule has 0 unspecified atom stereocenters. The van der Waals surface area contributed by atoms with Crippen LogP contribution in [0.3, 0.4) is 0 Å². The van der Waals surface area contributed by atoms with Crippen LogP contribution in [0, 0.1) is 0 Å². The first-order valence-electron chi connectivity index (χ1n) is 4.81. The summed E-state index contributed by atoms with van der Waals surface area (Å²) < 4.78 is 6.97. The Morgan fingerprint density at radius 3 is 2.88 bits per heavy atom. The number of rotatable bonds is 2. The Hall–Kier alpha value is -1.82. The summed E-state index contributed by atoms with van der Waals surface area (Å²) in [7, 11) is 1.30. The van der Waals surface area contributed by atoms with E-state index in [2.05, 4.69) is 25.8 Å². The third kappa shape index (κ3) is 2.31. The zero-order valence-corrected chi connectivity index (χ0v) is 10.6. The number of carbonyl (C=O) groups is 1. The van der Waals surface area contributed by atoms with E-state index in [0.29, 0.717) is 5.82 Å². The third-order valence-corrected chi connectivity index (χ3v) is 2.68. The molecule has 2 aromatic rings. The van der Waals surface area contributed by atoms with Crippen LogP contribution in [-0.4, -0.2) is 22.9 Å². The molecular weight excluding hydrogens is 286 g/mol. The number of benzene rings is 1. The molecule has 0 aliphatic heterocycles. The maximum absolute atomic E-state index is 11.3. The summed E-state index contributed by atoms with van der Waals surface area (Å²) in [6.07, 6.45) is 0. The number of halogens is 1. The Morgan fingerprint density at radius 1 is 1.47 bits per heavy atom. The molecule has 2 rings (SSSR count). The van der Waals surface area contributed by atoms with Gasteiger partial charge in [-0.3, -0.25) is 0 Å². The van der Waals surface area contributed by atoms with E-state index in [9.17, 15) is 4.79 Å². The first-order chi connectivity index (χ1) is 8.11. The molecule has 0 amide bonds. The molecule has 6 heteroatoms. The fourth-order valence-electron chi connectivity index (χ4n) is 1.41. The van der Waals surface area contributed by atoms with E-state index in [4.69, 9.17) is 5.73 Å². The zero-order chi connectivity index (χ0) is 12.4. The Balaban J connectivity index is 2.46. The number of ether oxygens (including phenoxy) is 1. The number of nitrogens with two attached hydrogens (primary N) is 1. The summed E-state index contributed by atoms with van der Waals surface area (Å²) in [4.78, 5) is 11.3. The van der Waals surface area contributed by atoms with E-state index < -0.39 is 5.97 Å². The van der Waals surface area contributed by atoms with Gasteiger partial charge in [-0.25, -0.2) is 9.48 Å². The number of hydrogen-bond donors (Lipinski definition) is 1. The smallest absolute Gasteiger partial charge is 0.358 e. The van der Waals surface area contributed by atoms with Crippen molar-refractivity contribution in [1.29, 1.82) is 0 Å². The molecule has 1 aromatic carbocycles. The number of hydrogen-bond acceptors (Lipinski definition) is 4. The van der Waals surface area contributed by atoms with Crippen LogP contribution >= 0.6 is 15.9 Å². The van der Waals surface area contributed by atoms with Crippen LogP contribution < -0.4 is 5.73 Å². The van der Waals surface area contributed by atoms with E-state index >= 15 is 0 Å². The third-order valence-electron chi connectivity index (χ3n) is 2.18. The molecule has 2 N–H and O–H groups in total. The summed E-state index contributed by atoms with van der Waals surface area (Å²) in [5, 5.41) is 4.09. The van der Waals surface area contributed by atoms with Crippen molar-refractivity contribution in [3.63, 3.8) is 0 Å². The maximum atomic E-state index is 11.3. The van der Waals surface area contributed by atoms with Crippen molar-refractivity contribution in [2.45, 2.75) is 0 Å². The van der Waals surface area contributed by atoms with Crippen LogP contribution in [0.4, 0.5) is 5.82 Å². The number of esters is 1. The molecule has 0 saturated heterocycles. The molecule has 0 radical (unpaired) electrons. The predicted molar refractivity (Wildman–Crippen MR) is 67.0 cm³/mol. The van der Waals surface area contributed by atoms with Crippen molar-refractivity contribution in [2.24, 2.45) is 0 Å². The van der Waals surface area contributed by atoms with Gasteiger partial charge in [-0.2, -0.15) is 5.10 Å². The number of anilines is 1. The van der Waals surface area contributed by atoms with Crippen LogP contribution in [0.1, 0.15) is 10.5 Å². The van der Waals surface area contributed by atoms with Gasteiger partial charge in [-0.1, -0.05) is 22.0 Å². The van der Waals surface area contributed by atoms with Gasteiger partial charge < -0.3 is 10.5 Å². The fraction of sp³-hybridized carbons (Fsp3) is 0.0909. The summed E-state index contributed by atoms with van der Waals surface area (Å²) in [5.41, 5.74) is 6.75. The van der Waals surface area contributed by atoms with Crippen molar-refractivity contribution in [2.75, 3.05) is 12.8 Å². The zero-order valence-electron chi connectivity index (χ0n) is 9.05. The second-order valence-corrected chi connectivity index (χ2v) is 4.25. The molecule has 1 heterocycles. The largest absolute Gasteiger partial charge is 0.464 e. The molecule has 0 aliphatic rings. The average molecular weight is 296 g/mol. The molecule has 0 saturated carbocycles. The van der Waals surface area contributed by atoms with Gasteiger partial charge in [-0.15, -0.1) is 0 Å². The summed E-state index contributed by atoms with van der Waals surface area (Å²) in [6.45, 7) is 0. The molecule has 1 aromatic heterocycles. The second kappa shape index (κ2) is 4.58. The number of nitrogens with zero attached hydrogens (tertiary/aromatic N) is 2. The van der Waals surface area contributed by atoms with Crippen LogP contribution in [-0.2, 0) is 4.74 Å². The van der Waals surface area contributed by atoms with Crippen molar-refractivity contribution in [3.8, 4) is 5.69 Å². The van der Waals surface area contributed by atoms with E-state index in [0.717, 1.165) is 10.2 Å². The van der Waals surface area contributed by atoms with Gasteiger partial charge in [0, 0.05) is 10.5 Å². The lowest BCUT2D eigenvalue weighted by molar-refractivity contribution is 0.0593. The average Bonchev–Trinajstić information content (AvgIpc) is 2.70. The topological polar surface area (TPSA) is 70.1 Å². The van der Waals surface area contributed by atoms with Crippen LogP contribution in [0.25, 0.3) is 5.69 Å². The quantitative estimate of drug-likeness (QED) is 0.861. The van der Waals surface area contributed by atoms with Gasteiger partial charge in [-0.05, 0) is 18.2 Å². The van der Waals surface area contributed by atoms with Crippen molar-refractivity contribution in [1.82, 2.24) is 9.78 Å². The van der Waals surface area contributed by atoms with Gasteiger partial charge >= 0.3 is 5.97 Å². The SMILES string of the molecule is COC(=O)c1cc(N)n(-c2cccc(Br)c2)n1. The molecule has 0 aliphatic carbocycles. The highest BCUT2D eigenvalue weighted by Crippen LogP contribution is 2.18. The van der Waals surface area contributed by atoms with Crippen molar-refractivity contribution < 1.29 is 9.53 Å². The second-order valence-electron chi connectivity index (χ2n) is 3.34. The summed E-state index contributed by atoms with van der Waals surface area (Å²) in [6, 6.07) is 8.93. The Bertz CT molecular complexity index is 566. The molecule has 0 spiro atoms. The fourth-order valence-corrected chi connectivity index (χ4v) is 1.80. The first kappa shape index (κ1) is 11.7. The Morgan fingerprint density at radius 2 is 2.24 bits per heavy atom. The maximum Gasteiger partial charge on any atom is 0.358 e. The van der Waals surface area contributed by atoms with Gasteiger partial charge in [0.15, 0.2) is 5.69 Å². The predicted octanol–water partition coefficient (Wildman–Crippen LogP) is 2.00. The van der Waals surface area contributed by atoms with Gasteiger partial charge in [0.05, 0.1) is 12.8 Å². The van der Waals surface area contributed by atoms with Crippen molar-refractivity contribution >= 4 is 27.7 Å². The molecule has 0 bridgehead atoms. The van der Waals surface area contributed by atoms with E-state index in [1.807, 2.05) is 24.3 Å². The normalized spacial score (nSPS) is 10.2. The Kier molecular flexibility index (Phi) is 3.14. The number of nitrogen functional groups attached to an aromatic ring is 1. The lowest BCUT2D eigenvalue weighted by Gasteiger charge is -2.03.